The van der Waals surface area contributed by atoms with Crippen LogP contribution in [0.1, 0.15) is 79.3 Å². The predicted octanol–water partition coefficient (Wildman–Crippen LogP) is 3.00. The highest BCUT2D eigenvalue weighted by Gasteiger charge is 2.37. The van der Waals surface area contributed by atoms with Gasteiger partial charge >= 0.3 is 0 Å². The fourth-order valence-corrected chi connectivity index (χ4v) is 3.78. The minimum absolute atomic E-state index is 0.0956. The van der Waals surface area contributed by atoms with Crippen molar-refractivity contribution in [2.24, 2.45) is 0 Å². The lowest BCUT2D eigenvalue weighted by Crippen LogP contribution is -2.54. The highest BCUT2D eigenvalue weighted by atomic mass is 16.2. The zero-order valence-electron chi connectivity index (χ0n) is 17.8. The lowest BCUT2D eigenvalue weighted by Gasteiger charge is -2.45. The molecule has 1 atom stereocenters. The fraction of sp³-hybridized carbons (Fsp3) is 0.800. The van der Waals surface area contributed by atoms with Gasteiger partial charge in [-0.3, -0.25) is 14.3 Å². The van der Waals surface area contributed by atoms with E-state index in [1.54, 1.807) is 0 Å². The van der Waals surface area contributed by atoms with E-state index in [1.165, 1.54) is 0 Å². The SMILES string of the molecule is CCC(=O)N1Cc2cn(nn2)CCC(C)(CC)N(C(=O)CC)CCC1(C)C. The summed E-state index contributed by atoms with van der Waals surface area (Å²) in [7, 11) is 0. The summed E-state index contributed by atoms with van der Waals surface area (Å²) < 4.78 is 1.83. The minimum Gasteiger partial charge on any atom is -0.337 e. The van der Waals surface area contributed by atoms with Crippen molar-refractivity contribution in [3.8, 4) is 0 Å². The fourth-order valence-electron chi connectivity index (χ4n) is 3.78. The second-order valence-electron chi connectivity index (χ2n) is 8.37. The van der Waals surface area contributed by atoms with E-state index in [0.717, 1.165) is 25.0 Å². The first-order valence-electron chi connectivity index (χ1n) is 10.2. The molecule has 0 saturated heterocycles. The highest BCUT2D eigenvalue weighted by molar-refractivity contribution is 5.77. The summed E-state index contributed by atoms with van der Waals surface area (Å²) in [4.78, 5) is 29.4. The number of rotatable bonds is 3. The Kier molecular flexibility index (Phi) is 6.65. The van der Waals surface area contributed by atoms with Gasteiger partial charge in [-0.1, -0.05) is 26.0 Å². The van der Waals surface area contributed by atoms with E-state index in [2.05, 4.69) is 38.0 Å². The van der Waals surface area contributed by atoms with Crippen LogP contribution in [0.2, 0.25) is 0 Å². The van der Waals surface area contributed by atoms with Crippen LogP contribution in [0.25, 0.3) is 0 Å². The highest BCUT2D eigenvalue weighted by Crippen LogP contribution is 2.30. The molecule has 7 heteroatoms. The predicted molar refractivity (Wildman–Crippen MR) is 105 cm³/mol. The molecule has 0 spiro atoms. The van der Waals surface area contributed by atoms with Gasteiger partial charge in [-0.15, -0.1) is 5.10 Å². The Morgan fingerprint density at radius 2 is 1.63 bits per heavy atom. The number of nitrogens with zero attached hydrogens (tertiary/aromatic N) is 5. The van der Waals surface area contributed by atoms with E-state index in [-0.39, 0.29) is 22.9 Å². The number of carbonyl (C=O) groups is 2. The van der Waals surface area contributed by atoms with Crippen molar-refractivity contribution in [1.29, 1.82) is 0 Å². The lowest BCUT2D eigenvalue weighted by atomic mass is 9.89. The van der Waals surface area contributed by atoms with Crippen LogP contribution in [0.4, 0.5) is 0 Å². The number of amides is 2. The standard InChI is InChI=1S/C20H35N5O2/c1-7-17(26)24-13-10-19(4,5)25(18(27)8-2)15-16-14-23(22-21-16)12-11-20(24,6)9-3/h14H,7-13,15H2,1-6H3. The van der Waals surface area contributed by atoms with Crippen molar-refractivity contribution in [2.75, 3.05) is 6.54 Å². The van der Waals surface area contributed by atoms with Crippen LogP contribution in [-0.4, -0.2) is 54.2 Å². The van der Waals surface area contributed by atoms with Crippen molar-refractivity contribution in [3.05, 3.63) is 11.9 Å². The van der Waals surface area contributed by atoms with Crippen LogP contribution >= 0.6 is 0 Å². The Hall–Kier alpha value is -1.92. The Balaban J connectivity index is 2.46. The average molecular weight is 378 g/mol. The smallest absolute Gasteiger partial charge is 0.223 e. The molecule has 1 aliphatic heterocycles. The summed E-state index contributed by atoms with van der Waals surface area (Å²) in [6.45, 7) is 14.0. The van der Waals surface area contributed by atoms with Crippen molar-refractivity contribution >= 4 is 11.8 Å². The molecule has 0 aromatic carbocycles. The van der Waals surface area contributed by atoms with Crippen molar-refractivity contribution in [3.63, 3.8) is 0 Å². The second kappa shape index (κ2) is 8.40. The molecule has 2 bridgehead atoms. The molecule has 1 aromatic rings. The van der Waals surface area contributed by atoms with E-state index < -0.39 is 0 Å². The van der Waals surface area contributed by atoms with Crippen LogP contribution in [0.15, 0.2) is 6.20 Å². The van der Waals surface area contributed by atoms with Crippen molar-refractivity contribution in [2.45, 2.75) is 97.8 Å². The molecule has 0 radical (unpaired) electrons. The number of hydrogen-bond acceptors (Lipinski definition) is 4. The van der Waals surface area contributed by atoms with E-state index >= 15 is 0 Å². The molecule has 0 saturated carbocycles. The molecule has 0 aliphatic carbocycles. The molecule has 27 heavy (non-hydrogen) atoms. The molecular weight excluding hydrogens is 342 g/mol. The summed E-state index contributed by atoms with van der Waals surface area (Å²) in [6, 6.07) is 0. The monoisotopic (exact) mass is 377 g/mol. The maximum absolute atomic E-state index is 12.8. The first-order valence-corrected chi connectivity index (χ1v) is 10.2. The Morgan fingerprint density at radius 1 is 1.00 bits per heavy atom. The summed E-state index contributed by atoms with van der Waals surface area (Å²) in [6.07, 6.45) is 5.29. The molecule has 2 heterocycles. The number of hydrogen-bond donors (Lipinski definition) is 0. The lowest BCUT2D eigenvalue weighted by molar-refractivity contribution is -0.140. The van der Waals surface area contributed by atoms with Gasteiger partial charge in [0.2, 0.25) is 11.8 Å². The average Bonchev–Trinajstić information content (AvgIpc) is 3.10. The molecule has 7 nitrogen and oxygen atoms in total. The first kappa shape index (κ1) is 21.4. The summed E-state index contributed by atoms with van der Waals surface area (Å²) in [5.41, 5.74) is 0.190. The molecule has 0 fully saturated rings. The number of aryl methyl sites for hydroxylation is 1. The normalized spacial score (nSPS) is 23.5. The van der Waals surface area contributed by atoms with Crippen molar-refractivity contribution < 1.29 is 9.59 Å². The molecule has 2 rings (SSSR count). The Labute approximate surface area is 163 Å². The quantitative estimate of drug-likeness (QED) is 0.812. The van der Waals surface area contributed by atoms with Gasteiger partial charge in [-0.2, -0.15) is 0 Å². The first-order chi connectivity index (χ1) is 12.7. The second-order valence-corrected chi connectivity index (χ2v) is 8.37. The van der Waals surface area contributed by atoms with Crippen LogP contribution < -0.4 is 0 Å². The van der Waals surface area contributed by atoms with Crippen LogP contribution in [0, 0.1) is 0 Å². The largest absolute Gasteiger partial charge is 0.337 e. The van der Waals surface area contributed by atoms with Gasteiger partial charge in [-0.25, -0.2) is 0 Å². The topological polar surface area (TPSA) is 71.3 Å². The zero-order valence-corrected chi connectivity index (χ0v) is 17.8. The van der Waals surface area contributed by atoms with E-state index in [1.807, 2.05) is 34.5 Å². The third-order valence-corrected chi connectivity index (χ3v) is 6.08. The maximum atomic E-state index is 12.8. The Bertz CT molecular complexity index is 669. The maximum Gasteiger partial charge on any atom is 0.223 e. The molecule has 0 N–H and O–H groups in total. The molecule has 2 amide bonds. The number of carbonyl (C=O) groups excluding carboxylic acids is 2. The van der Waals surface area contributed by atoms with Gasteiger partial charge in [0.25, 0.3) is 0 Å². The van der Waals surface area contributed by atoms with E-state index in [4.69, 9.17) is 0 Å². The summed E-state index contributed by atoms with van der Waals surface area (Å²) in [5, 5.41) is 8.52. The van der Waals surface area contributed by atoms with Gasteiger partial charge in [0.05, 0.1) is 12.7 Å². The molecule has 1 aliphatic rings. The van der Waals surface area contributed by atoms with Gasteiger partial charge in [0.15, 0.2) is 0 Å². The summed E-state index contributed by atoms with van der Waals surface area (Å²) >= 11 is 0. The minimum atomic E-state index is -0.378. The number of fused-ring (bicyclic) bond motifs is 2. The third kappa shape index (κ3) is 4.68. The zero-order chi connectivity index (χ0) is 20.2. The van der Waals surface area contributed by atoms with Gasteiger partial charge < -0.3 is 9.80 Å². The van der Waals surface area contributed by atoms with E-state index in [0.29, 0.717) is 32.5 Å². The Morgan fingerprint density at radius 3 is 2.22 bits per heavy atom. The summed E-state index contributed by atoms with van der Waals surface area (Å²) in [5.74, 6) is 0.262. The van der Waals surface area contributed by atoms with Gasteiger partial charge in [0.1, 0.15) is 5.69 Å². The molecule has 1 unspecified atom stereocenters. The van der Waals surface area contributed by atoms with Crippen LogP contribution in [-0.2, 0) is 22.7 Å². The molecule has 152 valence electrons. The van der Waals surface area contributed by atoms with Gasteiger partial charge in [0, 0.05) is 37.0 Å². The van der Waals surface area contributed by atoms with Crippen LogP contribution in [0.3, 0.4) is 0 Å². The number of aromatic nitrogens is 3. The molecular formula is C20H35N5O2. The third-order valence-electron chi connectivity index (χ3n) is 6.08. The van der Waals surface area contributed by atoms with Gasteiger partial charge in [-0.05, 0) is 40.0 Å². The molecule has 1 aromatic heterocycles. The van der Waals surface area contributed by atoms with E-state index in [9.17, 15) is 9.59 Å². The van der Waals surface area contributed by atoms with Crippen molar-refractivity contribution in [1.82, 2.24) is 24.8 Å². The van der Waals surface area contributed by atoms with Crippen LogP contribution in [0.5, 0.6) is 0 Å².